The van der Waals surface area contributed by atoms with Crippen LogP contribution in [0.4, 0.5) is 0 Å². The summed E-state index contributed by atoms with van der Waals surface area (Å²) in [6.07, 6.45) is 0. The van der Waals surface area contributed by atoms with Crippen molar-refractivity contribution in [3.8, 4) is 5.75 Å². The van der Waals surface area contributed by atoms with Gasteiger partial charge in [-0.3, -0.25) is 0 Å². The van der Waals surface area contributed by atoms with Crippen LogP contribution in [-0.4, -0.2) is 18.4 Å². The van der Waals surface area contributed by atoms with Crippen molar-refractivity contribution in [2.45, 2.75) is 33.1 Å². The normalized spacial score (nSPS) is 11.9. The van der Waals surface area contributed by atoms with Crippen molar-refractivity contribution in [2.75, 3.05) is 6.61 Å². The van der Waals surface area contributed by atoms with E-state index in [1.807, 2.05) is 55.5 Å². The van der Waals surface area contributed by atoms with Gasteiger partial charge in [0.1, 0.15) is 5.75 Å². The number of benzene rings is 2. The highest BCUT2D eigenvalue weighted by atomic mass is 16.7. The van der Waals surface area contributed by atoms with Crippen LogP contribution in [0.25, 0.3) is 0 Å². The molecule has 2 aromatic rings. The summed E-state index contributed by atoms with van der Waals surface area (Å²) in [5, 5.41) is 3.65. The highest BCUT2D eigenvalue weighted by Crippen LogP contribution is 2.24. The molecule has 2 aromatic carbocycles. The molecule has 5 nitrogen and oxygen atoms in total. The number of amidine groups is 1. The predicted molar refractivity (Wildman–Crippen MR) is 98.6 cm³/mol. The Hall–Kier alpha value is -2.82. The first-order valence-corrected chi connectivity index (χ1v) is 8.09. The summed E-state index contributed by atoms with van der Waals surface area (Å²) in [5.74, 6) is 0.123. The number of nitrogens with two attached hydrogens (primary N) is 1. The summed E-state index contributed by atoms with van der Waals surface area (Å²) in [4.78, 5) is 16.5. The predicted octanol–water partition coefficient (Wildman–Crippen LogP) is 3.54. The fourth-order valence-corrected chi connectivity index (χ4v) is 2.10. The number of carbonyl (C=O) groups excluding carboxylic acids is 1. The number of nitrogens with zero attached hydrogens (tertiary/aromatic N) is 1. The van der Waals surface area contributed by atoms with Gasteiger partial charge in [-0.15, -0.1) is 0 Å². The van der Waals surface area contributed by atoms with Gasteiger partial charge >= 0.3 is 5.97 Å². The van der Waals surface area contributed by atoms with E-state index in [1.165, 1.54) is 5.56 Å². The quantitative estimate of drug-likeness (QED) is 0.391. The molecule has 5 heteroatoms. The molecule has 0 bridgehead atoms. The third kappa shape index (κ3) is 5.64. The molecule has 2 rings (SSSR count). The second-order valence-corrected chi connectivity index (χ2v) is 6.87. The zero-order valence-corrected chi connectivity index (χ0v) is 15.1. The van der Waals surface area contributed by atoms with Gasteiger partial charge in [0.2, 0.25) is 0 Å². The second-order valence-electron chi connectivity index (χ2n) is 6.87. The van der Waals surface area contributed by atoms with Crippen LogP contribution in [0.1, 0.15) is 37.5 Å². The van der Waals surface area contributed by atoms with Gasteiger partial charge in [-0.05, 0) is 30.0 Å². The van der Waals surface area contributed by atoms with Crippen LogP contribution in [0.3, 0.4) is 0 Å². The van der Waals surface area contributed by atoms with Crippen LogP contribution in [0.15, 0.2) is 53.7 Å². The Bertz CT molecular complexity index is 742. The molecule has 25 heavy (non-hydrogen) atoms. The van der Waals surface area contributed by atoms with Crippen LogP contribution in [0, 0.1) is 6.92 Å². The fraction of sp³-hybridized carbons (Fsp3) is 0.300. The van der Waals surface area contributed by atoms with Crippen molar-refractivity contribution < 1.29 is 14.4 Å². The minimum Gasteiger partial charge on any atom is -0.482 e. The molecule has 0 aliphatic rings. The maximum absolute atomic E-state index is 11.7. The number of oxime groups is 1. The van der Waals surface area contributed by atoms with E-state index in [9.17, 15) is 4.79 Å². The molecular weight excluding hydrogens is 316 g/mol. The topological polar surface area (TPSA) is 73.9 Å². The van der Waals surface area contributed by atoms with Crippen molar-refractivity contribution in [2.24, 2.45) is 10.9 Å². The lowest BCUT2D eigenvalue weighted by atomic mass is 9.87. The molecule has 132 valence electrons. The lowest BCUT2D eigenvalue weighted by Gasteiger charge is -2.19. The summed E-state index contributed by atoms with van der Waals surface area (Å²) in [6.45, 7) is 8.14. The maximum Gasteiger partial charge on any atom is 0.372 e. The van der Waals surface area contributed by atoms with Crippen molar-refractivity contribution in [1.82, 2.24) is 0 Å². The number of rotatable bonds is 5. The molecule has 0 aliphatic heterocycles. The van der Waals surface area contributed by atoms with Crippen molar-refractivity contribution in [3.63, 3.8) is 0 Å². The first kappa shape index (κ1) is 18.5. The van der Waals surface area contributed by atoms with Crippen molar-refractivity contribution >= 4 is 11.8 Å². The van der Waals surface area contributed by atoms with E-state index in [4.69, 9.17) is 15.3 Å². The molecular formula is C20H24N2O3. The Morgan fingerprint density at radius 1 is 1.04 bits per heavy atom. The summed E-state index contributed by atoms with van der Waals surface area (Å²) in [5.41, 5.74) is 8.85. The van der Waals surface area contributed by atoms with E-state index in [-0.39, 0.29) is 17.9 Å². The molecule has 0 atom stereocenters. The molecule has 2 N–H and O–H groups in total. The van der Waals surface area contributed by atoms with Crippen molar-refractivity contribution in [3.05, 3.63) is 65.2 Å². The van der Waals surface area contributed by atoms with Gasteiger partial charge in [0.15, 0.2) is 12.4 Å². The van der Waals surface area contributed by atoms with Gasteiger partial charge in [0.25, 0.3) is 0 Å². The van der Waals surface area contributed by atoms with Gasteiger partial charge < -0.3 is 15.3 Å². The van der Waals surface area contributed by atoms with E-state index in [1.54, 1.807) is 0 Å². The maximum atomic E-state index is 11.7. The minimum absolute atomic E-state index is 0.0691. The Balaban J connectivity index is 1.86. The number of aryl methyl sites for hydroxylation is 1. The van der Waals surface area contributed by atoms with E-state index in [0.717, 1.165) is 5.56 Å². The van der Waals surface area contributed by atoms with Crippen LogP contribution < -0.4 is 10.5 Å². The fourth-order valence-electron chi connectivity index (χ4n) is 2.10. The number of ether oxygens (including phenoxy) is 1. The summed E-state index contributed by atoms with van der Waals surface area (Å²) in [7, 11) is 0. The van der Waals surface area contributed by atoms with E-state index in [0.29, 0.717) is 11.3 Å². The zero-order chi connectivity index (χ0) is 18.4. The monoisotopic (exact) mass is 340 g/mol. The standard InChI is InChI=1S/C20H24N2O3/c1-14-5-7-15(8-6-14)19(21)22-25-18(23)13-24-17-11-9-16(10-12-17)20(2,3)4/h5-12H,13H2,1-4H3,(H2,21,22). The summed E-state index contributed by atoms with van der Waals surface area (Å²) >= 11 is 0. The Kier molecular flexibility index (Phi) is 5.80. The van der Waals surface area contributed by atoms with Gasteiger partial charge in [0.05, 0.1) is 0 Å². The van der Waals surface area contributed by atoms with Crippen LogP contribution in [0.2, 0.25) is 0 Å². The van der Waals surface area contributed by atoms with Crippen molar-refractivity contribution in [1.29, 1.82) is 0 Å². The summed E-state index contributed by atoms with van der Waals surface area (Å²) in [6, 6.07) is 15.1. The lowest BCUT2D eigenvalue weighted by molar-refractivity contribution is -0.146. The van der Waals surface area contributed by atoms with Gasteiger partial charge in [-0.25, -0.2) is 4.79 Å². The minimum atomic E-state index is -0.616. The van der Waals surface area contributed by atoms with Gasteiger partial charge in [-0.2, -0.15) is 0 Å². The molecule has 0 aromatic heterocycles. The molecule has 0 spiro atoms. The molecule has 0 aliphatic carbocycles. The number of carbonyl (C=O) groups is 1. The van der Waals surface area contributed by atoms with Gasteiger partial charge in [0, 0.05) is 5.56 Å². The molecule has 0 amide bonds. The van der Waals surface area contributed by atoms with Crippen LogP contribution in [-0.2, 0) is 15.0 Å². The van der Waals surface area contributed by atoms with Crippen LogP contribution >= 0.6 is 0 Å². The Morgan fingerprint density at radius 2 is 1.64 bits per heavy atom. The lowest BCUT2D eigenvalue weighted by Crippen LogP contribution is -2.18. The third-order valence-corrected chi connectivity index (χ3v) is 3.67. The third-order valence-electron chi connectivity index (χ3n) is 3.67. The molecule has 0 heterocycles. The zero-order valence-electron chi connectivity index (χ0n) is 15.1. The highest BCUT2D eigenvalue weighted by Gasteiger charge is 2.13. The van der Waals surface area contributed by atoms with Gasteiger partial charge in [-0.1, -0.05) is 67.9 Å². The smallest absolute Gasteiger partial charge is 0.372 e. The molecule has 0 saturated heterocycles. The molecule has 0 unspecified atom stereocenters. The molecule has 0 saturated carbocycles. The van der Waals surface area contributed by atoms with E-state index >= 15 is 0 Å². The largest absolute Gasteiger partial charge is 0.482 e. The second kappa shape index (κ2) is 7.83. The van der Waals surface area contributed by atoms with E-state index < -0.39 is 5.97 Å². The average Bonchev–Trinajstić information content (AvgIpc) is 2.58. The average molecular weight is 340 g/mol. The summed E-state index contributed by atoms with van der Waals surface area (Å²) < 4.78 is 5.40. The Labute approximate surface area is 148 Å². The Morgan fingerprint density at radius 3 is 2.20 bits per heavy atom. The number of hydrogen-bond acceptors (Lipinski definition) is 4. The van der Waals surface area contributed by atoms with Crippen LogP contribution in [0.5, 0.6) is 5.75 Å². The number of hydrogen-bond donors (Lipinski definition) is 1. The SMILES string of the molecule is Cc1ccc(/C(N)=N/OC(=O)COc2ccc(C(C)(C)C)cc2)cc1. The first-order chi connectivity index (χ1) is 11.8. The first-order valence-electron chi connectivity index (χ1n) is 8.09. The molecule has 0 radical (unpaired) electrons. The molecule has 0 fully saturated rings. The highest BCUT2D eigenvalue weighted by molar-refractivity contribution is 5.97. The van der Waals surface area contributed by atoms with E-state index in [2.05, 4.69) is 25.9 Å².